The van der Waals surface area contributed by atoms with Crippen LogP contribution in [0.4, 0.5) is 4.39 Å². The van der Waals surface area contributed by atoms with Gasteiger partial charge in [-0.15, -0.1) is 0 Å². The molecule has 0 radical (unpaired) electrons. The van der Waals surface area contributed by atoms with E-state index in [4.69, 9.17) is 5.11 Å². The lowest BCUT2D eigenvalue weighted by Crippen LogP contribution is -2.37. The first-order valence-electron chi connectivity index (χ1n) is 8.78. The molecule has 0 saturated heterocycles. The first kappa shape index (κ1) is 20.3. The van der Waals surface area contributed by atoms with Crippen molar-refractivity contribution in [1.82, 2.24) is 5.32 Å². The molecule has 27 heavy (non-hydrogen) atoms. The van der Waals surface area contributed by atoms with Crippen molar-refractivity contribution in [1.29, 1.82) is 0 Å². The van der Waals surface area contributed by atoms with E-state index in [1.165, 1.54) is 24.3 Å². The number of hydrogen-bond acceptors (Lipinski definition) is 3. The number of nitrogens with one attached hydrogen (secondary N) is 1. The van der Waals surface area contributed by atoms with Gasteiger partial charge in [0.2, 0.25) is 5.91 Å². The van der Waals surface area contributed by atoms with Gasteiger partial charge in [-0.25, -0.2) is 4.39 Å². The number of benzene rings is 2. The molecule has 0 aromatic heterocycles. The molecule has 0 spiro atoms. The summed E-state index contributed by atoms with van der Waals surface area (Å²) in [5.41, 5.74) is 1.35. The number of carboxylic acids is 1. The molecule has 0 fully saturated rings. The lowest BCUT2D eigenvalue weighted by atomic mass is 10.0. The first-order valence-corrected chi connectivity index (χ1v) is 8.78. The minimum Gasteiger partial charge on any atom is -0.481 e. The van der Waals surface area contributed by atoms with Crippen LogP contribution in [-0.4, -0.2) is 28.8 Å². The van der Waals surface area contributed by atoms with Gasteiger partial charge in [0.05, 0.1) is 0 Å². The fourth-order valence-corrected chi connectivity index (χ4v) is 2.73. The zero-order chi connectivity index (χ0) is 19.6. The van der Waals surface area contributed by atoms with E-state index >= 15 is 0 Å². The van der Waals surface area contributed by atoms with E-state index in [1.807, 2.05) is 30.3 Å². The van der Waals surface area contributed by atoms with Crippen molar-refractivity contribution in [2.24, 2.45) is 0 Å². The third kappa shape index (κ3) is 7.40. The Balaban J connectivity index is 1.88. The van der Waals surface area contributed by atoms with Crippen LogP contribution in [-0.2, 0) is 16.0 Å². The molecular formula is C21H22FNO4. The Bertz CT molecular complexity index is 775. The maximum absolute atomic E-state index is 12.9. The number of rotatable bonds is 10. The van der Waals surface area contributed by atoms with Crippen LogP contribution >= 0.6 is 0 Å². The standard InChI is InChI=1S/C21H22FNO4/c22-17-8-6-16(7-9-17)19(24)11-12-20(25)23-18(10-13-21(26)27)14-15-4-2-1-3-5-15/h1-9,18H,10-14H2,(H,23,25)(H,26,27). The predicted octanol–water partition coefficient (Wildman–Crippen LogP) is 3.38. The van der Waals surface area contributed by atoms with Crippen LogP contribution in [0.3, 0.4) is 0 Å². The summed E-state index contributed by atoms with van der Waals surface area (Å²) in [6, 6.07) is 14.3. The van der Waals surface area contributed by atoms with Gasteiger partial charge in [0.1, 0.15) is 5.82 Å². The normalized spacial score (nSPS) is 11.6. The summed E-state index contributed by atoms with van der Waals surface area (Å²) in [4.78, 5) is 35.1. The van der Waals surface area contributed by atoms with Crippen LogP contribution in [0.15, 0.2) is 54.6 Å². The third-order valence-electron chi connectivity index (χ3n) is 4.14. The van der Waals surface area contributed by atoms with Gasteiger partial charge in [-0.2, -0.15) is 0 Å². The smallest absolute Gasteiger partial charge is 0.303 e. The number of halogens is 1. The summed E-state index contributed by atoms with van der Waals surface area (Å²) in [6.07, 6.45) is 0.781. The molecule has 142 valence electrons. The maximum Gasteiger partial charge on any atom is 0.303 e. The average Bonchev–Trinajstić information content (AvgIpc) is 2.65. The molecule has 0 aliphatic rings. The van der Waals surface area contributed by atoms with Crippen molar-refractivity contribution in [2.45, 2.75) is 38.1 Å². The van der Waals surface area contributed by atoms with E-state index in [0.717, 1.165) is 5.56 Å². The fourth-order valence-electron chi connectivity index (χ4n) is 2.73. The first-order chi connectivity index (χ1) is 12.9. The van der Waals surface area contributed by atoms with Crippen molar-refractivity contribution < 1.29 is 23.9 Å². The van der Waals surface area contributed by atoms with Crippen LogP contribution < -0.4 is 5.32 Å². The maximum atomic E-state index is 12.9. The second kappa shape index (κ2) is 10.2. The molecule has 1 atom stereocenters. The van der Waals surface area contributed by atoms with E-state index in [2.05, 4.69) is 5.32 Å². The van der Waals surface area contributed by atoms with Gasteiger partial charge in [-0.1, -0.05) is 30.3 Å². The van der Waals surface area contributed by atoms with Crippen LogP contribution in [0, 0.1) is 5.82 Å². The summed E-state index contributed by atoms with van der Waals surface area (Å²) in [5.74, 6) is -1.90. The minimum atomic E-state index is -0.922. The summed E-state index contributed by atoms with van der Waals surface area (Å²) in [5, 5.41) is 11.7. The summed E-state index contributed by atoms with van der Waals surface area (Å²) in [6.45, 7) is 0. The SMILES string of the molecule is O=C(O)CCC(Cc1ccccc1)NC(=O)CCC(=O)c1ccc(F)cc1. The molecule has 2 aromatic rings. The van der Waals surface area contributed by atoms with E-state index in [-0.39, 0.29) is 37.0 Å². The molecule has 5 nitrogen and oxygen atoms in total. The Hall–Kier alpha value is -3.02. The summed E-state index contributed by atoms with van der Waals surface area (Å²) in [7, 11) is 0. The van der Waals surface area contributed by atoms with Crippen LogP contribution in [0.25, 0.3) is 0 Å². The molecule has 2 aromatic carbocycles. The fraction of sp³-hybridized carbons (Fsp3) is 0.286. The number of Topliss-reactive ketones (excluding diaryl/α,β-unsaturated/α-hetero) is 1. The van der Waals surface area contributed by atoms with Crippen molar-refractivity contribution >= 4 is 17.7 Å². The van der Waals surface area contributed by atoms with Gasteiger partial charge in [-0.05, 0) is 42.7 Å². The predicted molar refractivity (Wildman–Crippen MR) is 98.9 cm³/mol. The zero-order valence-corrected chi connectivity index (χ0v) is 14.9. The van der Waals surface area contributed by atoms with Gasteiger partial charge in [0.15, 0.2) is 5.78 Å². The Morgan fingerprint density at radius 1 is 0.926 bits per heavy atom. The number of carboxylic acid groups (broad SMARTS) is 1. The molecule has 0 aliphatic heterocycles. The van der Waals surface area contributed by atoms with E-state index in [9.17, 15) is 18.8 Å². The molecule has 0 aliphatic carbocycles. The van der Waals surface area contributed by atoms with E-state index in [1.54, 1.807) is 0 Å². The molecule has 0 saturated carbocycles. The molecule has 2 N–H and O–H groups in total. The number of carbonyl (C=O) groups excluding carboxylic acids is 2. The highest BCUT2D eigenvalue weighted by atomic mass is 19.1. The van der Waals surface area contributed by atoms with Gasteiger partial charge in [0, 0.05) is 30.9 Å². The highest BCUT2D eigenvalue weighted by Gasteiger charge is 2.16. The second-order valence-corrected chi connectivity index (χ2v) is 6.32. The van der Waals surface area contributed by atoms with Gasteiger partial charge in [0.25, 0.3) is 0 Å². The van der Waals surface area contributed by atoms with Gasteiger partial charge < -0.3 is 10.4 Å². The largest absolute Gasteiger partial charge is 0.481 e. The Kier molecular flexibility index (Phi) is 7.67. The molecule has 0 bridgehead atoms. The highest BCUT2D eigenvalue weighted by molar-refractivity contribution is 5.97. The topological polar surface area (TPSA) is 83.5 Å². The number of ketones is 1. The zero-order valence-electron chi connectivity index (χ0n) is 14.9. The van der Waals surface area contributed by atoms with Crippen molar-refractivity contribution in [3.8, 4) is 0 Å². The van der Waals surface area contributed by atoms with Gasteiger partial charge >= 0.3 is 5.97 Å². The van der Waals surface area contributed by atoms with Crippen molar-refractivity contribution in [3.05, 3.63) is 71.5 Å². The van der Waals surface area contributed by atoms with Crippen LogP contribution in [0.1, 0.15) is 41.6 Å². The molecule has 2 rings (SSSR count). The van der Waals surface area contributed by atoms with E-state index in [0.29, 0.717) is 18.4 Å². The van der Waals surface area contributed by atoms with Gasteiger partial charge in [-0.3, -0.25) is 14.4 Å². The molecule has 1 amide bonds. The highest BCUT2D eigenvalue weighted by Crippen LogP contribution is 2.10. The molecule has 6 heteroatoms. The summed E-state index contributed by atoms with van der Waals surface area (Å²) >= 11 is 0. The van der Waals surface area contributed by atoms with E-state index < -0.39 is 11.8 Å². The number of carbonyl (C=O) groups is 3. The van der Waals surface area contributed by atoms with Crippen molar-refractivity contribution in [2.75, 3.05) is 0 Å². The molecule has 1 unspecified atom stereocenters. The number of hydrogen-bond donors (Lipinski definition) is 2. The monoisotopic (exact) mass is 371 g/mol. The average molecular weight is 371 g/mol. The van der Waals surface area contributed by atoms with Crippen molar-refractivity contribution in [3.63, 3.8) is 0 Å². The quantitative estimate of drug-likeness (QED) is 0.627. The lowest BCUT2D eigenvalue weighted by Gasteiger charge is -2.18. The minimum absolute atomic E-state index is 0.00539. The Labute approximate surface area is 157 Å². The lowest BCUT2D eigenvalue weighted by molar-refractivity contribution is -0.137. The molecular weight excluding hydrogens is 349 g/mol. The Morgan fingerprint density at radius 3 is 2.22 bits per heavy atom. The number of aliphatic carboxylic acids is 1. The third-order valence-corrected chi connectivity index (χ3v) is 4.14. The number of amides is 1. The molecule has 0 heterocycles. The summed E-state index contributed by atoms with van der Waals surface area (Å²) < 4.78 is 12.9. The van der Waals surface area contributed by atoms with Crippen LogP contribution in [0.2, 0.25) is 0 Å². The Morgan fingerprint density at radius 2 is 1.59 bits per heavy atom. The van der Waals surface area contributed by atoms with Crippen LogP contribution in [0.5, 0.6) is 0 Å². The second-order valence-electron chi connectivity index (χ2n) is 6.32.